The molecule has 0 saturated carbocycles. The second-order valence-electron chi connectivity index (χ2n) is 7.12. The molecule has 1 fully saturated rings. The zero-order valence-corrected chi connectivity index (χ0v) is 17.1. The van der Waals surface area contributed by atoms with Gasteiger partial charge in [0.2, 0.25) is 5.95 Å². The van der Waals surface area contributed by atoms with Gasteiger partial charge in [-0.25, -0.2) is 4.98 Å². The minimum atomic E-state index is 0.467. The number of aromatic nitrogens is 4. The predicted octanol–water partition coefficient (Wildman–Crippen LogP) is 3.69. The molecule has 3 heterocycles. The summed E-state index contributed by atoms with van der Waals surface area (Å²) < 4.78 is 10.6. The van der Waals surface area contributed by atoms with E-state index in [2.05, 4.69) is 47.6 Å². The smallest absolute Gasteiger partial charge is 0.231 e. The molecule has 0 atom stereocenters. The standard InChI is InChI=1S/C22H23N7O2/c1-30-18-8-4-15(5-9-18)25-21-19-20(24-14-23-19)27-22(28-21)26-16-2-6-17(7-3-16)29-10-12-31-13-11-29/h2-9,14H,10-13H2,1H3,(H3,23,24,25,26,27,28). The maximum absolute atomic E-state index is 5.43. The number of fused-ring (bicyclic) bond motifs is 1. The molecule has 1 aliphatic heterocycles. The normalized spacial score (nSPS) is 13.9. The number of methoxy groups -OCH3 is 1. The zero-order valence-electron chi connectivity index (χ0n) is 17.1. The lowest BCUT2D eigenvalue weighted by Gasteiger charge is -2.28. The van der Waals surface area contributed by atoms with Crippen LogP contribution >= 0.6 is 0 Å². The minimum absolute atomic E-state index is 0.467. The fourth-order valence-electron chi connectivity index (χ4n) is 3.50. The van der Waals surface area contributed by atoms with E-state index in [1.807, 2.05) is 36.4 Å². The minimum Gasteiger partial charge on any atom is -0.497 e. The van der Waals surface area contributed by atoms with Crippen molar-refractivity contribution < 1.29 is 9.47 Å². The van der Waals surface area contributed by atoms with E-state index >= 15 is 0 Å². The Morgan fingerprint density at radius 3 is 2.39 bits per heavy atom. The lowest BCUT2D eigenvalue weighted by Crippen LogP contribution is -2.36. The highest BCUT2D eigenvalue weighted by Gasteiger charge is 2.13. The first-order valence-electron chi connectivity index (χ1n) is 10.1. The summed E-state index contributed by atoms with van der Waals surface area (Å²) in [5.41, 5.74) is 4.29. The Morgan fingerprint density at radius 1 is 0.935 bits per heavy atom. The Balaban J connectivity index is 1.37. The van der Waals surface area contributed by atoms with Gasteiger partial charge in [-0.15, -0.1) is 0 Å². The summed E-state index contributed by atoms with van der Waals surface area (Å²) in [6.07, 6.45) is 1.61. The van der Waals surface area contributed by atoms with Gasteiger partial charge in [0.05, 0.1) is 26.7 Å². The average Bonchev–Trinajstić information content (AvgIpc) is 3.30. The van der Waals surface area contributed by atoms with Crippen LogP contribution < -0.4 is 20.3 Å². The van der Waals surface area contributed by atoms with Crippen molar-refractivity contribution >= 4 is 40.0 Å². The molecule has 0 spiro atoms. The number of aromatic amines is 1. The highest BCUT2D eigenvalue weighted by atomic mass is 16.5. The van der Waals surface area contributed by atoms with Crippen LogP contribution in [0, 0.1) is 0 Å². The third-order valence-corrected chi connectivity index (χ3v) is 5.14. The van der Waals surface area contributed by atoms with E-state index in [0.29, 0.717) is 17.4 Å². The van der Waals surface area contributed by atoms with E-state index in [-0.39, 0.29) is 0 Å². The van der Waals surface area contributed by atoms with E-state index in [0.717, 1.165) is 48.9 Å². The van der Waals surface area contributed by atoms with E-state index in [1.54, 1.807) is 13.4 Å². The van der Waals surface area contributed by atoms with Crippen LogP contribution in [0.1, 0.15) is 0 Å². The van der Waals surface area contributed by atoms with Crippen LogP contribution in [0.15, 0.2) is 54.9 Å². The Hall–Kier alpha value is -3.85. The summed E-state index contributed by atoms with van der Waals surface area (Å²) >= 11 is 0. The van der Waals surface area contributed by atoms with Gasteiger partial charge in [-0.3, -0.25) is 0 Å². The first kappa shape index (κ1) is 19.1. The molecule has 2 aromatic heterocycles. The van der Waals surface area contributed by atoms with Gasteiger partial charge in [0.25, 0.3) is 0 Å². The summed E-state index contributed by atoms with van der Waals surface area (Å²) in [5, 5.41) is 6.61. The van der Waals surface area contributed by atoms with Crippen LogP contribution in [0.4, 0.5) is 28.8 Å². The topological polar surface area (TPSA) is 100 Å². The largest absolute Gasteiger partial charge is 0.497 e. The van der Waals surface area contributed by atoms with E-state index < -0.39 is 0 Å². The van der Waals surface area contributed by atoms with E-state index in [4.69, 9.17) is 9.47 Å². The van der Waals surface area contributed by atoms with Gasteiger partial charge in [0.15, 0.2) is 11.5 Å². The molecule has 1 aliphatic rings. The van der Waals surface area contributed by atoms with Crippen LogP contribution in [0.25, 0.3) is 11.2 Å². The third kappa shape index (κ3) is 4.22. The fraction of sp³-hybridized carbons (Fsp3) is 0.227. The number of nitrogens with zero attached hydrogens (tertiary/aromatic N) is 4. The molecule has 9 nitrogen and oxygen atoms in total. The molecule has 2 aromatic carbocycles. The summed E-state index contributed by atoms with van der Waals surface area (Å²) in [7, 11) is 1.65. The van der Waals surface area contributed by atoms with Gasteiger partial charge < -0.3 is 30.0 Å². The number of morpholine rings is 1. The number of H-pyrrole nitrogens is 1. The van der Waals surface area contributed by atoms with Gasteiger partial charge >= 0.3 is 0 Å². The maximum atomic E-state index is 5.43. The number of ether oxygens (including phenoxy) is 2. The molecule has 0 bridgehead atoms. The van der Waals surface area contributed by atoms with Crippen molar-refractivity contribution in [3.63, 3.8) is 0 Å². The Labute approximate surface area is 179 Å². The van der Waals surface area contributed by atoms with Gasteiger partial charge in [-0.05, 0) is 48.5 Å². The SMILES string of the molecule is COc1ccc(Nc2nc(Nc3ccc(N4CCOCC4)cc3)nc3nc[nH]c23)cc1. The average molecular weight is 417 g/mol. The number of benzene rings is 2. The Bertz CT molecular complexity index is 1150. The Morgan fingerprint density at radius 2 is 1.65 bits per heavy atom. The summed E-state index contributed by atoms with van der Waals surface area (Å²) in [6.45, 7) is 3.35. The highest BCUT2D eigenvalue weighted by molar-refractivity contribution is 5.86. The number of rotatable bonds is 6. The fourth-order valence-corrected chi connectivity index (χ4v) is 3.50. The number of nitrogens with one attached hydrogen (secondary N) is 3. The molecule has 4 aromatic rings. The molecular weight excluding hydrogens is 394 g/mol. The highest BCUT2D eigenvalue weighted by Crippen LogP contribution is 2.26. The number of anilines is 5. The van der Waals surface area contributed by atoms with Gasteiger partial charge in [0, 0.05) is 30.2 Å². The molecule has 1 saturated heterocycles. The molecular formula is C22H23N7O2. The predicted molar refractivity (Wildman–Crippen MR) is 121 cm³/mol. The zero-order chi connectivity index (χ0) is 21.0. The van der Waals surface area contributed by atoms with Crippen molar-refractivity contribution in [2.75, 3.05) is 48.9 Å². The molecule has 0 amide bonds. The third-order valence-electron chi connectivity index (χ3n) is 5.14. The summed E-state index contributed by atoms with van der Waals surface area (Å²) in [6, 6.07) is 15.9. The van der Waals surface area contributed by atoms with Crippen LogP contribution in [-0.4, -0.2) is 53.3 Å². The molecule has 31 heavy (non-hydrogen) atoms. The molecule has 0 radical (unpaired) electrons. The summed E-state index contributed by atoms with van der Waals surface area (Å²) in [5.74, 6) is 1.90. The number of hydrogen-bond acceptors (Lipinski definition) is 8. The molecule has 3 N–H and O–H groups in total. The van der Waals surface area contributed by atoms with Crippen molar-refractivity contribution in [2.24, 2.45) is 0 Å². The number of hydrogen-bond donors (Lipinski definition) is 3. The van der Waals surface area contributed by atoms with Crippen molar-refractivity contribution in [3.8, 4) is 5.75 Å². The van der Waals surface area contributed by atoms with Gasteiger partial charge in [-0.1, -0.05) is 0 Å². The summed E-state index contributed by atoms with van der Waals surface area (Å²) in [4.78, 5) is 18.9. The van der Waals surface area contributed by atoms with E-state index in [1.165, 1.54) is 5.69 Å². The number of imidazole rings is 1. The molecule has 158 valence electrons. The van der Waals surface area contributed by atoms with Gasteiger partial charge in [-0.2, -0.15) is 9.97 Å². The van der Waals surface area contributed by atoms with Crippen molar-refractivity contribution in [2.45, 2.75) is 0 Å². The molecule has 0 unspecified atom stereocenters. The van der Waals surface area contributed by atoms with Crippen LogP contribution in [-0.2, 0) is 4.74 Å². The molecule has 5 rings (SSSR count). The lowest BCUT2D eigenvalue weighted by atomic mass is 10.2. The monoisotopic (exact) mass is 417 g/mol. The van der Waals surface area contributed by atoms with Crippen molar-refractivity contribution in [1.29, 1.82) is 0 Å². The van der Waals surface area contributed by atoms with Crippen LogP contribution in [0.2, 0.25) is 0 Å². The Kier molecular flexibility index (Phi) is 5.24. The second kappa shape index (κ2) is 8.49. The van der Waals surface area contributed by atoms with Gasteiger partial charge in [0.1, 0.15) is 11.3 Å². The maximum Gasteiger partial charge on any atom is 0.231 e. The first-order chi connectivity index (χ1) is 15.3. The van der Waals surface area contributed by atoms with E-state index in [9.17, 15) is 0 Å². The quantitative estimate of drug-likeness (QED) is 0.437. The van der Waals surface area contributed by atoms with Crippen LogP contribution in [0.5, 0.6) is 5.75 Å². The van der Waals surface area contributed by atoms with Crippen molar-refractivity contribution in [1.82, 2.24) is 19.9 Å². The van der Waals surface area contributed by atoms with Crippen LogP contribution in [0.3, 0.4) is 0 Å². The van der Waals surface area contributed by atoms with Crippen molar-refractivity contribution in [3.05, 3.63) is 54.9 Å². The molecule has 0 aliphatic carbocycles. The second-order valence-corrected chi connectivity index (χ2v) is 7.12. The first-order valence-corrected chi connectivity index (χ1v) is 10.1. The lowest BCUT2D eigenvalue weighted by molar-refractivity contribution is 0.122. The molecule has 9 heteroatoms.